The molecule has 2 N–H and O–H groups in total. The Balaban J connectivity index is 2.77. The zero-order valence-electron chi connectivity index (χ0n) is 13.2. The van der Waals surface area contributed by atoms with Crippen molar-refractivity contribution in [2.75, 3.05) is 7.11 Å². The zero-order valence-corrected chi connectivity index (χ0v) is 13.2. The highest BCUT2D eigenvalue weighted by Gasteiger charge is 2.19. The van der Waals surface area contributed by atoms with Gasteiger partial charge < -0.3 is 19.9 Å². The second-order valence-corrected chi connectivity index (χ2v) is 4.91. The van der Waals surface area contributed by atoms with Crippen molar-refractivity contribution in [3.8, 4) is 11.5 Å². The lowest BCUT2D eigenvalue weighted by molar-refractivity contribution is -0.128. The molecular formula is C16H25NO4. The first-order chi connectivity index (χ1) is 10.0. The average Bonchev–Trinajstić information content (AvgIpc) is 2.51. The Hall–Kier alpha value is -1.75. The molecule has 5 nitrogen and oxygen atoms in total. The second kappa shape index (κ2) is 8.52. The van der Waals surface area contributed by atoms with E-state index in [1.807, 2.05) is 13.8 Å². The first kappa shape index (κ1) is 17.3. The molecule has 1 unspecified atom stereocenters. The molecule has 0 saturated carbocycles. The molecule has 118 valence electrons. The van der Waals surface area contributed by atoms with Crippen LogP contribution in [0.3, 0.4) is 0 Å². The van der Waals surface area contributed by atoms with Crippen LogP contribution in [0, 0.1) is 0 Å². The van der Waals surface area contributed by atoms with Crippen LogP contribution in [-0.4, -0.2) is 30.3 Å². The van der Waals surface area contributed by atoms with Gasteiger partial charge in [0.2, 0.25) is 0 Å². The van der Waals surface area contributed by atoms with Gasteiger partial charge in [0.25, 0.3) is 5.91 Å². The SMILES string of the molecule is CCC(CC)NC(=O)C(C)Oc1cc(OC)ccc1CO. The van der Waals surface area contributed by atoms with Gasteiger partial charge in [0.05, 0.1) is 13.7 Å². The molecule has 0 aliphatic rings. The van der Waals surface area contributed by atoms with E-state index in [2.05, 4.69) is 5.32 Å². The molecule has 0 radical (unpaired) electrons. The molecule has 1 amide bonds. The summed E-state index contributed by atoms with van der Waals surface area (Å²) in [4.78, 5) is 12.1. The van der Waals surface area contributed by atoms with Gasteiger partial charge in [-0.3, -0.25) is 4.79 Å². The minimum Gasteiger partial charge on any atom is -0.497 e. The topological polar surface area (TPSA) is 67.8 Å². The molecule has 0 bridgehead atoms. The fraction of sp³-hybridized carbons (Fsp3) is 0.562. The van der Waals surface area contributed by atoms with E-state index in [9.17, 15) is 9.90 Å². The summed E-state index contributed by atoms with van der Waals surface area (Å²) in [7, 11) is 1.56. The Bertz CT molecular complexity index is 458. The van der Waals surface area contributed by atoms with Gasteiger partial charge >= 0.3 is 0 Å². The average molecular weight is 295 g/mol. The maximum Gasteiger partial charge on any atom is 0.260 e. The highest BCUT2D eigenvalue weighted by molar-refractivity contribution is 5.81. The Morgan fingerprint density at radius 2 is 2.00 bits per heavy atom. The standard InChI is InChI=1S/C16H25NO4/c1-5-13(6-2)17-16(19)11(3)21-15-9-14(20-4)8-7-12(15)10-18/h7-9,11,13,18H,5-6,10H2,1-4H3,(H,17,19). The van der Waals surface area contributed by atoms with E-state index in [-0.39, 0.29) is 18.6 Å². The van der Waals surface area contributed by atoms with Crippen LogP contribution in [0.5, 0.6) is 11.5 Å². The van der Waals surface area contributed by atoms with Gasteiger partial charge in [0.15, 0.2) is 6.10 Å². The lowest BCUT2D eigenvalue weighted by Gasteiger charge is -2.20. The Kier molecular flexibility index (Phi) is 7.02. The lowest BCUT2D eigenvalue weighted by atomic mass is 10.1. The van der Waals surface area contributed by atoms with Crippen LogP contribution in [0.25, 0.3) is 0 Å². The molecule has 0 aliphatic carbocycles. The predicted molar refractivity (Wildman–Crippen MR) is 81.5 cm³/mol. The summed E-state index contributed by atoms with van der Waals surface area (Å²) < 4.78 is 10.8. The Morgan fingerprint density at radius 3 is 2.52 bits per heavy atom. The molecule has 1 aromatic rings. The van der Waals surface area contributed by atoms with Crippen LogP contribution in [0.2, 0.25) is 0 Å². The maximum atomic E-state index is 12.1. The number of carbonyl (C=O) groups is 1. The number of benzene rings is 1. The monoisotopic (exact) mass is 295 g/mol. The smallest absolute Gasteiger partial charge is 0.260 e. The van der Waals surface area contributed by atoms with Crippen LogP contribution in [0.15, 0.2) is 18.2 Å². The minimum atomic E-state index is -0.636. The van der Waals surface area contributed by atoms with E-state index in [4.69, 9.17) is 9.47 Å². The quantitative estimate of drug-likeness (QED) is 0.772. The summed E-state index contributed by atoms with van der Waals surface area (Å²) in [5.41, 5.74) is 0.623. The van der Waals surface area contributed by atoms with Gasteiger partial charge in [-0.1, -0.05) is 13.8 Å². The molecule has 0 fully saturated rings. The van der Waals surface area contributed by atoms with Gasteiger partial charge in [-0.15, -0.1) is 0 Å². The normalized spacial score (nSPS) is 12.1. The van der Waals surface area contributed by atoms with E-state index in [0.29, 0.717) is 17.1 Å². The van der Waals surface area contributed by atoms with Crippen LogP contribution in [0.1, 0.15) is 39.2 Å². The molecule has 5 heteroatoms. The molecule has 1 aromatic carbocycles. The van der Waals surface area contributed by atoms with Crippen LogP contribution >= 0.6 is 0 Å². The molecule has 21 heavy (non-hydrogen) atoms. The molecular weight excluding hydrogens is 270 g/mol. The van der Waals surface area contributed by atoms with Crippen LogP contribution in [0.4, 0.5) is 0 Å². The first-order valence-electron chi connectivity index (χ1n) is 7.30. The number of aliphatic hydroxyl groups excluding tert-OH is 1. The van der Waals surface area contributed by atoms with Crippen molar-refractivity contribution in [3.05, 3.63) is 23.8 Å². The number of nitrogens with one attached hydrogen (secondary N) is 1. The summed E-state index contributed by atoms with van der Waals surface area (Å²) in [6, 6.07) is 5.30. The summed E-state index contributed by atoms with van der Waals surface area (Å²) in [6.45, 7) is 5.61. The van der Waals surface area contributed by atoms with Crippen molar-refractivity contribution >= 4 is 5.91 Å². The first-order valence-corrected chi connectivity index (χ1v) is 7.30. The Morgan fingerprint density at radius 1 is 1.33 bits per heavy atom. The molecule has 0 aromatic heterocycles. The highest BCUT2D eigenvalue weighted by Crippen LogP contribution is 2.25. The van der Waals surface area contributed by atoms with E-state index in [1.54, 1.807) is 32.2 Å². The van der Waals surface area contributed by atoms with E-state index in [0.717, 1.165) is 12.8 Å². The van der Waals surface area contributed by atoms with Crippen molar-refractivity contribution in [3.63, 3.8) is 0 Å². The molecule has 0 heterocycles. The van der Waals surface area contributed by atoms with Crippen molar-refractivity contribution in [2.45, 2.75) is 52.4 Å². The van der Waals surface area contributed by atoms with Gasteiger partial charge in [-0.25, -0.2) is 0 Å². The molecule has 1 atom stereocenters. The number of aliphatic hydroxyl groups is 1. The summed E-state index contributed by atoms with van der Waals surface area (Å²) in [5, 5.41) is 12.3. The van der Waals surface area contributed by atoms with Crippen molar-refractivity contribution < 1.29 is 19.4 Å². The third-order valence-electron chi connectivity index (χ3n) is 3.45. The van der Waals surface area contributed by atoms with Crippen LogP contribution < -0.4 is 14.8 Å². The lowest BCUT2D eigenvalue weighted by Crippen LogP contribution is -2.42. The van der Waals surface area contributed by atoms with Gasteiger partial charge in [-0.2, -0.15) is 0 Å². The van der Waals surface area contributed by atoms with Crippen molar-refractivity contribution in [2.24, 2.45) is 0 Å². The Labute approximate surface area is 126 Å². The fourth-order valence-corrected chi connectivity index (χ4v) is 1.96. The van der Waals surface area contributed by atoms with E-state index >= 15 is 0 Å². The van der Waals surface area contributed by atoms with Crippen molar-refractivity contribution in [1.82, 2.24) is 5.32 Å². The number of hydrogen-bond donors (Lipinski definition) is 2. The zero-order chi connectivity index (χ0) is 15.8. The molecule has 0 saturated heterocycles. The van der Waals surface area contributed by atoms with Crippen molar-refractivity contribution in [1.29, 1.82) is 0 Å². The summed E-state index contributed by atoms with van der Waals surface area (Å²) in [5.74, 6) is 0.925. The molecule has 0 aliphatic heterocycles. The third-order valence-corrected chi connectivity index (χ3v) is 3.45. The predicted octanol–water partition coefficient (Wildman–Crippen LogP) is 2.26. The highest BCUT2D eigenvalue weighted by atomic mass is 16.5. The van der Waals surface area contributed by atoms with Crippen LogP contribution in [-0.2, 0) is 11.4 Å². The van der Waals surface area contributed by atoms with Gasteiger partial charge in [-0.05, 0) is 31.9 Å². The number of rotatable bonds is 8. The maximum absolute atomic E-state index is 12.1. The molecule has 0 spiro atoms. The van der Waals surface area contributed by atoms with E-state index in [1.165, 1.54) is 0 Å². The second-order valence-electron chi connectivity index (χ2n) is 4.91. The summed E-state index contributed by atoms with van der Waals surface area (Å²) in [6.07, 6.45) is 1.13. The third kappa shape index (κ3) is 4.93. The summed E-state index contributed by atoms with van der Waals surface area (Å²) >= 11 is 0. The van der Waals surface area contributed by atoms with E-state index < -0.39 is 6.10 Å². The molecule has 1 rings (SSSR count). The van der Waals surface area contributed by atoms with Gasteiger partial charge in [0, 0.05) is 17.7 Å². The van der Waals surface area contributed by atoms with Gasteiger partial charge in [0.1, 0.15) is 11.5 Å². The number of hydrogen-bond acceptors (Lipinski definition) is 4. The number of amides is 1. The number of methoxy groups -OCH3 is 1. The fourth-order valence-electron chi connectivity index (χ4n) is 1.96. The number of ether oxygens (including phenoxy) is 2. The number of carbonyl (C=O) groups excluding carboxylic acids is 1. The minimum absolute atomic E-state index is 0.153. The largest absolute Gasteiger partial charge is 0.497 e.